The number of carbonyl (C=O) groups is 1. The van der Waals surface area contributed by atoms with E-state index in [1.54, 1.807) is 16.9 Å². The summed E-state index contributed by atoms with van der Waals surface area (Å²) in [6.45, 7) is 2.36. The number of benzene rings is 1. The van der Waals surface area contributed by atoms with Gasteiger partial charge in [-0.1, -0.05) is 30.3 Å². The Labute approximate surface area is 130 Å². The molecule has 118 valence electrons. The van der Waals surface area contributed by atoms with Gasteiger partial charge in [-0.25, -0.2) is 4.79 Å². The van der Waals surface area contributed by atoms with Crippen LogP contribution in [0.15, 0.2) is 30.3 Å². The molecule has 2 rings (SSSR count). The summed E-state index contributed by atoms with van der Waals surface area (Å²) in [5, 5.41) is 9.14. The van der Waals surface area contributed by atoms with Crippen molar-refractivity contribution in [3.63, 3.8) is 0 Å². The van der Waals surface area contributed by atoms with Gasteiger partial charge in [0.2, 0.25) is 0 Å². The molecule has 0 N–H and O–H groups in total. The molecule has 1 saturated heterocycles. The van der Waals surface area contributed by atoms with Crippen LogP contribution in [-0.2, 0) is 16.1 Å². The second-order valence-electron chi connectivity index (χ2n) is 5.21. The van der Waals surface area contributed by atoms with E-state index in [1.807, 2.05) is 30.3 Å². The number of rotatable bonds is 5. The third kappa shape index (κ3) is 4.37. The number of methoxy groups -OCH3 is 1. The molecule has 0 aromatic heterocycles. The molecule has 0 saturated carbocycles. The lowest BCUT2D eigenvalue weighted by Crippen LogP contribution is -2.53. The lowest BCUT2D eigenvalue weighted by atomic mass is 10.1. The molecule has 0 aliphatic carbocycles. The molecule has 1 aromatic carbocycles. The fourth-order valence-electron chi connectivity index (χ4n) is 2.46. The van der Waals surface area contributed by atoms with Crippen molar-refractivity contribution in [2.75, 3.05) is 33.4 Å². The Bertz CT molecular complexity index is 515. The maximum Gasteiger partial charge on any atom is 0.410 e. The molecule has 1 amide bonds. The highest BCUT2D eigenvalue weighted by molar-refractivity contribution is 5.67. The first-order valence-electron chi connectivity index (χ1n) is 7.35. The highest BCUT2D eigenvalue weighted by Crippen LogP contribution is 2.14. The maximum absolute atomic E-state index is 12.2. The van der Waals surface area contributed by atoms with Gasteiger partial charge in [-0.2, -0.15) is 5.26 Å². The van der Waals surface area contributed by atoms with Crippen LogP contribution in [0.3, 0.4) is 0 Å². The summed E-state index contributed by atoms with van der Waals surface area (Å²) in [4.78, 5) is 15.5. The predicted octanol–water partition coefficient (Wildman–Crippen LogP) is 1.83. The number of ether oxygens (including phenoxy) is 2. The van der Waals surface area contributed by atoms with Crippen molar-refractivity contribution in [3.8, 4) is 6.19 Å². The van der Waals surface area contributed by atoms with E-state index in [1.165, 1.54) is 0 Å². The van der Waals surface area contributed by atoms with Gasteiger partial charge in [0, 0.05) is 33.4 Å². The smallest absolute Gasteiger partial charge is 0.410 e. The molecule has 1 heterocycles. The van der Waals surface area contributed by atoms with Crippen molar-refractivity contribution in [1.29, 1.82) is 5.26 Å². The minimum Gasteiger partial charge on any atom is -0.445 e. The highest BCUT2D eigenvalue weighted by Gasteiger charge is 2.29. The molecule has 1 aliphatic rings. The summed E-state index contributed by atoms with van der Waals surface area (Å²) in [6, 6.07) is 9.57. The zero-order valence-corrected chi connectivity index (χ0v) is 12.8. The van der Waals surface area contributed by atoms with Crippen LogP contribution in [0.1, 0.15) is 12.0 Å². The second-order valence-corrected chi connectivity index (χ2v) is 5.21. The number of nitriles is 1. The van der Waals surface area contributed by atoms with Crippen LogP contribution < -0.4 is 0 Å². The van der Waals surface area contributed by atoms with Gasteiger partial charge >= 0.3 is 6.09 Å². The van der Waals surface area contributed by atoms with E-state index in [0.717, 1.165) is 5.56 Å². The fourth-order valence-corrected chi connectivity index (χ4v) is 2.46. The van der Waals surface area contributed by atoms with Crippen molar-refractivity contribution in [2.45, 2.75) is 19.1 Å². The van der Waals surface area contributed by atoms with E-state index in [9.17, 15) is 4.79 Å². The summed E-state index contributed by atoms with van der Waals surface area (Å²) >= 11 is 0. The largest absolute Gasteiger partial charge is 0.445 e. The first-order chi connectivity index (χ1) is 10.7. The molecular formula is C16H21N3O3. The van der Waals surface area contributed by atoms with E-state index in [2.05, 4.69) is 6.19 Å². The Hall–Kier alpha value is -2.26. The zero-order chi connectivity index (χ0) is 15.8. The van der Waals surface area contributed by atoms with Crippen LogP contribution in [0.25, 0.3) is 0 Å². The molecule has 6 nitrogen and oxygen atoms in total. The monoisotopic (exact) mass is 303 g/mol. The van der Waals surface area contributed by atoms with Gasteiger partial charge in [0.15, 0.2) is 6.19 Å². The van der Waals surface area contributed by atoms with E-state index in [0.29, 0.717) is 32.7 Å². The fraction of sp³-hybridized carbons (Fsp3) is 0.500. The molecule has 0 spiro atoms. The van der Waals surface area contributed by atoms with Gasteiger partial charge in [0.25, 0.3) is 0 Å². The van der Waals surface area contributed by atoms with E-state index in [-0.39, 0.29) is 18.7 Å². The molecule has 1 aliphatic heterocycles. The Kier molecular flexibility index (Phi) is 6.04. The number of amides is 1. The predicted molar refractivity (Wildman–Crippen MR) is 80.8 cm³/mol. The van der Waals surface area contributed by atoms with Crippen molar-refractivity contribution in [1.82, 2.24) is 9.80 Å². The maximum atomic E-state index is 12.2. The second kappa shape index (κ2) is 8.25. The van der Waals surface area contributed by atoms with Gasteiger partial charge < -0.3 is 19.3 Å². The molecule has 6 heteroatoms. The Morgan fingerprint density at radius 2 is 2.14 bits per heavy atom. The van der Waals surface area contributed by atoms with Gasteiger partial charge in [-0.05, 0) is 12.0 Å². The van der Waals surface area contributed by atoms with Gasteiger partial charge in [-0.3, -0.25) is 0 Å². The number of piperazine rings is 1. The van der Waals surface area contributed by atoms with Crippen LogP contribution in [0.2, 0.25) is 0 Å². The average molecular weight is 303 g/mol. The van der Waals surface area contributed by atoms with Crippen molar-refractivity contribution in [3.05, 3.63) is 35.9 Å². The van der Waals surface area contributed by atoms with Crippen molar-refractivity contribution in [2.24, 2.45) is 0 Å². The topological polar surface area (TPSA) is 65.8 Å². The van der Waals surface area contributed by atoms with E-state index >= 15 is 0 Å². The van der Waals surface area contributed by atoms with Crippen LogP contribution in [0, 0.1) is 11.5 Å². The zero-order valence-electron chi connectivity index (χ0n) is 12.8. The standard InChI is InChI=1S/C16H21N3O3/c1-21-10-7-15-11-18(8-9-19(15)13-17)16(20)22-12-14-5-3-2-4-6-14/h2-6,15H,7-12H2,1H3. The summed E-state index contributed by atoms with van der Waals surface area (Å²) < 4.78 is 10.4. The third-order valence-electron chi connectivity index (χ3n) is 3.73. The van der Waals surface area contributed by atoms with Gasteiger partial charge in [0.1, 0.15) is 6.61 Å². The van der Waals surface area contributed by atoms with E-state index in [4.69, 9.17) is 14.7 Å². The summed E-state index contributed by atoms with van der Waals surface area (Å²) in [7, 11) is 1.63. The summed E-state index contributed by atoms with van der Waals surface area (Å²) in [5.41, 5.74) is 0.961. The van der Waals surface area contributed by atoms with Crippen molar-refractivity contribution >= 4 is 6.09 Å². The number of carbonyl (C=O) groups excluding carboxylic acids is 1. The molecule has 1 unspecified atom stereocenters. The summed E-state index contributed by atoms with van der Waals surface area (Å²) in [5.74, 6) is 0. The van der Waals surface area contributed by atoms with Gasteiger partial charge in [-0.15, -0.1) is 0 Å². The van der Waals surface area contributed by atoms with E-state index < -0.39 is 0 Å². The summed E-state index contributed by atoms with van der Waals surface area (Å²) in [6.07, 6.45) is 2.56. The highest BCUT2D eigenvalue weighted by atomic mass is 16.6. The molecule has 0 bridgehead atoms. The van der Waals surface area contributed by atoms with Gasteiger partial charge in [0.05, 0.1) is 6.04 Å². The number of nitrogens with zero attached hydrogens (tertiary/aromatic N) is 3. The lowest BCUT2D eigenvalue weighted by molar-refractivity contribution is 0.0558. The average Bonchev–Trinajstić information content (AvgIpc) is 2.58. The first-order valence-corrected chi connectivity index (χ1v) is 7.35. The molecule has 1 atom stereocenters. The van der Waals surface area contributed by atoms with Crippen LogP contribution in [0.4, 0.5) is 4.79 Å². The molecular weight excluding hydrogens is 282 g/mol. The Morgan fingerprint density at radius 3 is 2.82 bits per heavy atom. The van der Waals surface area contributed by atoms with Crippen LogP contribution >= 0.6 is 0 Å². The molecule has 1 aromatic rings. The SMILES string of the molecule is COCCC1CN(C(=O)OCc2ccccc2)CCN1C#N. The normalized spacial score (nSPS) is 17.9. The van der Waals surface area contributed by atoms with Crippen molar-refractivity contribution < 1.29 is 14.3 Å². The number of hydrogen-bond donors (Lipinski definition) is 0. The molecule has 0 radical (unpaired) electrons. The third-order valence-corrected chi connectivity index (χ3v) is 3.73. The lowest BCUT2D eigenvalue weighted by Gasteiger charge is -2.37. The quantitative estimate of drug-likeness (QED) is 0.776. The Balaban J connectivity index is 1.86. The van der Waals surface area contributed by atoms with Crippen LogP contribution in [-0.4, -0.2) is 55.3 Å². The first kappa shape index (κ1) is 16.1. The molecule has 1 fully saturated rings. The Morgan fingerprint density at radius 1 is 1.36 bits per heavy atom. The molecule has 22 heavy (non-hydrogen) atoms. The minimum atomic E-state index is -0.330. The van der Waals surface area contributed by atoms with Crippen LogP contribution in [0.5, 0.6) is 0 Å². The minimum absolute atomic E-state index is 0.0111. The number of hydrogen-bond acceptors (Lipinski definition) is 5.